The van der Waals surface area contributed by atoms with Gasteiger partial charge in [-0.25, -0.2) is 0 Å². The van der Waals surface area contributed by atoms with E-state index >= 15 is 0 Å². The van der Waals surface area contributed by atoms with Crippen LogP contribution in [0.1, 0.15) is 53.4 Å². The molecule has 0 aliphatic carbocycles. The monoisotopic (exact) mass is 185 g/mol. The maximum absolute atomic E-state index is 2.51. The Labute approximate surface area is 84.7 Å². The molecular weight excluding hydrogens is 158 g/mol. The quantitative estimate of drug-likeness (QED) is 0.507. The minimum Gasteiger partial charge on any atom is -0.316 e. The molecule has 0 fully saturated rings. The lowest BCUT2D eigenvalue weighted by Gasteiger charge is -2.37. The van der Waals surface area contributed by atoms with Crippen LogP contribution in [0.15, 0.2) is 0 Å². The molecule has 1 radical (unpaired) electrons. The van der Waals surface area contributed by atoms with Gasteiger partial charge in [0.1, 0.15) is 6.54 Å². The summed E-state index contributed by atoms with van der Waals surface area (Å²) in [4.78, 5) is 0. The Morgan fingerprint density at radius 3 is 1.38 bits per heavy atom. The molecule has 0 saturated heterocycles. The van der Waals surface area contributed by atoms with Crippen molar-refractivity contribution in [1.29, 1.82) is 0 Å². The van der Waals surface area contributed by atoms with Gasteiger partial charge in [0.25, 0.3) is 0 Å². The van der Waals surface area contributed by atoms with Crippen LogP contribution in [-0.2, 0) is 0 Å². The fourth-order valence-electron chi connectivity index (χ4n) is 2.33. The van der Waals surface area contributed by atoms with Gasteiger partial charge in [-0.3, -0.25) is 0 Å². The van der Waals surface area contributed by atoms with Gasteiger partial charge in [0, 0.05) is 6.42 Å². The van der Waals surface area contributed by atoms with Gasteiger partial charge in [-0.2, -0.15) is 0 Å². The third-order valence-corrected chi connectivity index (χ3v) is 2.58. The number of hydrogen-bond donors (Lipinski definition) is 0. The molecule has 0 aromatic rings. The van der Waals surface area contributed by atoms with E-state index in [9.17, 15) is 0 Å². The Kier molecular flexibility index (Phi) is 7.35. The molecule has 0 spiro atoms. The van der Waals surface area contributed by atoms with E-state index in [4.69, 9.17) is 0 Å². The molecule has 0 aliphatic rings. The SMILES string of the molecule is CC[CH][N+](CCC)(CCC)CCC. The third-order valence-electron chi connectivity index (χ3n) is 2.58. The molecule has 0 amide bonds. The van der Waals surface area contributed by atoms with Crippen molar-refractivity contribution in [2.75, 3.05) is 19.6 Å². The Morgan fingerprint density at radius 2 is 1.15 bits per heavy atom. The first kappa shape index (κ1) is 13.0. The predicted molar refractivity (Wildman–Crippen MR) is 60.3 cm³/mol. The summed E-state index contributed by atoms with van der Waals surface area (Å²) in [5.74, 6) is 0. The molecule has 1 heteroatoms. The van der Waals surface area contributed by atoms with Crippen LogP contribution < -0.4 is 0 Å². The molecule has 13 heavy (non-hydrogen) atoms. The normalized spacial score (nSPS) is 12.0. The van der Waals surface area contributed by atoms with Gasteiger partial charge in [-0.1, -0.05) is 27.7 Å². The summed E-state index contributed by atoms with van der Waals surface area (Å²) in [7, 11) is 0. The molecule has 0 rings (SSSR count). The Balaban J connectivity index is 4.19. The van der Waals surface area contributed by atoms with Crippen LogP contribution in [0, 0.1) is 6.54 Å². The Hall–Kier alpha value is -0.0400. The number of quaternary nitrogens is 1. The largest absolute Gasteiger partial charge is 0.316 e. The van der Waals surface area contributed by atoms with Crippen molar-refractivity contribution in [3.05, 3.63) is 6.54 Å². The molecular formula is C12H27N+. The van der Waals surface area contributed by atoms with Crippen LogP contribution >= 0.6 is 0 Å². The molecule has 1 nitrogen and oxygen atoms in total. The predicted octanol–water partition coefficient (Wildman–Crippen LogP) is 3.60. The number of rotatable bonds is 8. The number of hydrogen-bond acceptors (Lipinski definition) is 0. The highest BCUT2D eigenvalue weighted by Crippen LogP contribution is 2.16. The van der Waals surface area contributed by atoms with E-state index < -0.39 is 0 Å². The van der Waals surface area contributed by atoms with Gasteiger partial charge in [0.15, 0.2) is 0 Å². The van der Waals surface area contributed by atoms with Crippen LogP contribution in [0.25, 0.3) is 0 Å². The lowest BCUT2D eigenvalue weighted by atomic mass is 10.2. The average molecular weight is 185 g/mol. The van der Waals surface area contributed by atoms with Gasteiger partial charge in [0.2, 0.25) is 0 Å². The van der Waals surface area contributed by atoms with Gasteiger partial charge >= 0.3 is 0 Å². The van der Waals surface area contributed by atoms with E-state index in [1.165, 1.54) is 49.8 Å². The summed E-state index contributed by atoms with van der Waals surface area (Å²) < 4.78 is 1.25. The fraction of sp³-hybridized carbons (Fsp3) is 0.917. The van der Waals surface area contributed by atoms with E-state index in [0.717, 1.165) is 0 Å². The zero-order chi connectivity index (χ0) is 10.2. The second-order valence-corrected chi connectivity index (χ2v) is 3.98. The van der Waals surface area contributed by atoms with Crippen molar-refractivity contribution in [2.24, 2.45) is 0 Å². The molecule has 0 N–H and O–H groups in total. The first-order valence-electron chi connectivity index (χ1n) is 5.94. The summed E-state index contributed by atoms with van der Waals surface area (Å²) in [5, 5.41) is 0. The summed E-state index contributed by atoms with van der Waals surface area (Å²) >= 11 is 0. The van der Waals surface area contributed by atoms with Crippen LogP contribution in [0.5, 0.6) is 0 Å². The fourth-order valence-corrected chi connectivity index (χ4v) is 2.33. The molecule has 0 unspecified atom stereocenters. The lowest BCUT2D eigenvalue weighted by Crippen LogP contribution is -2.47. The van der Waals surface area contributed by atoms with Gasteiger partial charge < -0.3 is 4.48 Å². The standard InChI is InChI=1S/C12H27N/c1-5-9-13(10-6-2,11-7-3)12-8-4/h9H,5-8,10-12H2,1-4H3/q+1. The van der Waals surface area contributed by atoms with E-state index in [0.29, 0.717) is 0 Å². The van der Waals surface area contributed by atoms with E-state index in [1.54, 1.807) is 0 Å². The Morgan fingerprint density at radius 1 is 0.769 bits per heavy atom. The average Bonchev–Trinajstić information content (AvgIpc) is 2.06. The van der Waals surface area contributed by atoms with Gasteiger partial charge in [-0.15, -0.1) is 0 Å². The van der Waals surface area contributed by atoms with Gasteiger partial charge in [0.05, 0.1) is 19.6 Å². The molecule has 0 saturated carbocycles. The first-order chi connectivity index (χ1) is 6.24. The highest BCUT2D eigenvalue weighted by molar-refractivity contribution is 4.53. The van der Waals surface area contributed by atoms with Crippen molar-refractivity contribution in [2.45, 2.75) is 53.4 Å². The van der Waals surface area contributed by atoms with Crippen molar-refractivity contribution < 1.29 is 4.48 Å². The highest BCUT2D eigenvalue weighted by atomic mass is 15.3. The van der Waals surface area contributed by atoms with E-state index in [2.05, 4.69) is 34.2 Å². The third kappa shape index (κ3) is 4.66. The van der Waals surface area contributed by atoms with Crippen LogP contribution in [0.4, 0.5) is 0 Å². The van der Waals surface area contributed by atoms with Gasteiger partial charge in [-0.05, 0) is 19.3 Å². The van der Waals surface area contributed by atoms with Crippen LogP contribution in [0.2, 0.25) is 0 Å². The van der Waals surface area contributed by atoms with Crippen molar-refractivity contribution >= 4 is 0 Å². The molecule has 0 aliphatic heterocycles. The molecule has 0 aromatic carbocycles. The smallest absolute Gasteiger partial charge is 0.141 e. The number of nitrogens with zero attached hydrogens (tertiary/aromatic N) is 1. The van der Waals surface area contributed by atoms with Crippen molar-refractivity contribution in [3.63, 3.8) is 0 Å². The minimum atomic E-state index is 1.21. The zero-order valence-electron chi connectivity index (χ0n) is 9.97. The maximum atomic E-state index is 2.51. The molecule has 0 bridgehead atoms. The Bertz CT molecular complexity index is 80.2. The second-order valence-electron chi connectivity index (χ2n) is 3.98. The molecule has 0 aromatic heterocycles. The van der Waals surface area contributed by atoms with Crippen molar-refractivity contribution in [1.82, 2.24) is 0 Å². The van der Waals surface area contributed by atoms with E-state index in [-0.39, 0.29) is 0 Å². The lowest BCUT2D eigenvalue weighted by molar-refractivity contribution is -0.900. The van der Waals surface area contributed by atoms with Crippen LogP contribution in [0.3, 0.4) is 0 Å². The highest BCUT2D eigenvalue weighted by Gasteiger charge is 2.23. The zero-order valence-corrected chi connectivity index (χ0v) is 9.97. The minimum absolute atomic E-state index is 1.21. The van der Waals surface area contributed by atoms with Crippen LogP contribution in [-0.4, -0.2) is 24.1 Å². The summed E-state index contributed by atoms with van der Waals surface area (Å²) in [6, 6.07) is 0. The molecule has 0 atom stereocenters. The molecule has 79 valence electrons. The summed E-state index contributed by atoms with van der Waals surface area (Å²) in [5.41, 5.74) is 0. The molecule has 0 heterocycles. The maximum Gasteiger partial charge on any atom is 0.141 e. The summed E-state index contributed by atoms with van der Waals surface area (Å²) in [6.45, 7) is 15.6. The second kappa shape index (κ2) is 7.37. The van der Waals surface area contributed by atoms with E-state index in [1.807, 2.05) is 0 Å². The summed E-state index contributed by atoms with van der Waals surface area (Å²) in [6.07, 6.45) is 5.11. The van der Waals surface area contributed by atoms with Crippen molar-refractivity contribution in [3.8, 4) is 0 Å². The topological polar surface area (TPSA) is 0 Å². The first-order valence-corrected chi connectivity index (χ1v) is 5.94.